The Morgan fingerprint density at radius 1 is 1.33 bits per heavy atom. The molecule has 4 nitrogen and oxygen atoms in total. The molecule has 0 aromatic heterocycles. The minimum Gasteiger partial charge on any atom is -0.355 e. The van der Waals surface area contributed by atoms with E-state index in [1.165, 1.54) is 5.75 Å². The lowest BCUT2D eigenvalue weighted by Crippen LogP contribution is -2.51. The van der Waals surface area contributed by atoms with Crippen LogP contribution in [0.1, 0.15) is 34.6 Å². The monoisotopic (exact) mass is 314 g/mol. The average molecular weight is 315 g/mol. The fourth-order valence-corrected chi connectivity index (χ4v) is 4.12. The van der Waals surface area contributed by atoms with Crippen molar-refractivity contribution < 1.29 is 0 Å². The molecule has 1 N–H and O–H groups in total. The number of guanidine groups is 1. The number of likely N-dealkylation sites (N-methyl/N-ethyl adjacent to an activating group) is 1. The summed E-state index contributed by atoms with van der Waals surface area (Å²) >= 11 is 2.11. The minimum atomic E-state index is 0.539. The molecule has 1 saturated heterocycles. The second-order valence-corrected chi connectivity index (χ2v) is 7.44. The lowest BCUT2D eigenvalue weighted by Gasteiger charge is -2.37. The van der Waals surface area contributed by atoms with Gasteiger partial charge in [-0.05, 0) is 25.9 Å². The van der Waals surface area contributed by atoms with Crippen LogP contribution in [0.3, 0.4) is 0 Å². The molecule has 2 unspecified atom stereocenters. The van der Waals surface area contributed by atoms with Crippen LogP contribution in [0.2, 0.25) is 0 Å². The van der Waals surface area contributed by atoms with Crippen molar-refractivity contribution in [3.05, 3.63) is 0 Å². The average Bonchev–Trinajstić information content (AvgIpc) is 2.49. The van der Waals surface area contributed by atoms with E-state index in [0.717, 1.165) is 49.9 Å². The van der Waals surface area contributed by atoms with Crippen molar-refractivity contribution in [3.63, 3.8) is 0 Å². The van der Waals surface area contributed by atoms with Crippen molar-refractivity contribution in [2.45, 2.75) is 45.9 Å². The van der Waals surface area contributed by atoms with Crippen LogP contribution < -0.4 is 5.32 Å². The highest BCUT2D eigenvalue weighted by molar-refractivity contribution is 8.00. The third-order valence-electron chi connectivity index (χ3n) is 4.34. The van der Waals surface area contributed by atoms with Crippen molar-refractivity contribution in [3.8, 4) is 0 Å². The molecule has 1 aliphatic heterocycles. The Morgan fingerprint density at radius 2 is 2.00 bits per heavy atom. The predicted octanol–water partition coefficient (Wildman–Crippen LogP) is 2.37. The van der Waals surface area contributed by atoms with Crippen LogP contribution in [0.15, 0.2) is 4.99 Å². The lowest BCUT2D eigenvalue weighted by molar-refractivity contribution is 0.230. The fourth-order valence-electron chi connectivity index (χ4n) is 2.82. The van der Waals surface area contributed by atoms with E-state index >= 15 is 0 Å². The number of aliphatic imine (C=N–C) groups is 1. The van der Waals surface area contributed by atoms with Gasteiger partial charge in [0.15, 0.2) is 5.96 Å². The summed E-state index contributed by atoms with van der Waals surface area (Å²) in [5.41, 5.74) is 0. The molecule has 0 aromatic carbocycles. The summed E-state index contributed by atoms with van der Waals surface area (Å²) in [6, 6.07) is 0.539. The number of nitrogens with one attached hydrogen (secondary N) is 1. The van der Waals surface area contributed by atoms with E-state index in [0.29, 0.717) is 6.04 Å². The molecule has 1 rings (SSSR count). The lowest BCUT2D eigenvalue weighted by atomic mass is 10.1. The van der Waals surface area contributed by atoms with E-state index in [4.69, 9.17) is 0 Å². The van der Waals surface area contributed by atoms with Crippen LogP contribution in [0.4, 0.5) is 0 Å². The van der Waals surface area contributed by atoms with E-state index in [1.807, 2.05) is 7.05 Å². The van der Waals surface area contributed by atoms with Gasteiger partial charge >= 0.3 is 0 Å². The predicted molar refractivity (Wildman–Crippen MR) is 96.4 cm³/mol. The van der Waals surface area contributed by atoms with E-state index < -0.39 is 0 Å². The molecule has 1 heterocycles. The zero-order valence-corrected chi connectivity index (χ0v) is 15.5. The van der Waals surface area contributed by atoms with Crippen LogP contribution in [0.25, 0.3) is 0 Å². The normalized spacial score (nSPS) is 22.0. The standard InChI is InChI=1S/C16H34N4S/c1-7-19(8-2)14(5)11-18-16(17-6)20-9-10-21-15(12-20)13(3)4/h13-15H,7-12H2,1-6H3,(H,17,18). The van der Waals surface area contributed by atoms with E-state index in [2.05, 4.69) is 66.5 Å². The number of hydrogen-bond donors (Lipinski definition) is 1. The molecule has 0 saturated carbocycles. The quantitative estimate of drug-likeness (QED) is 0.602. The maximum absolute atomic E-state index is 4.49. The summed E-state index contributed by atoms with van der Waals surface area (Å²) in [5, 5.41) is 4.29. The highest BCUT2D eigenvalue weighted by Gasteiger charge is 2.25. The molecule has 0 aliphatic carbocycles. The van der Waals surface area contributed by atoms with E-state index in [-0.39, 0.29) is 0 Å². The molecule has 0 spiro atoms. The number of rotatable bonds is 6. The van der Waals surface area contributed by atoms with E-state index in [1.54, 1.807) is 0 Å². The Kier molecular flexibility index (Phi) is 8.49. The molecule has 0 bridgehead atoms. The number of nitrogens with zero attached hydrogens (tertiary/aromatic N) is 3. The first-order valence-corrected chi connectivity index (χ1v) is 9.39. The molecule has 0 amide bonds. The Bertz CT molecular complexity index is 315. The van der Waals surface area contributed by atoms with Gasteiger partial charge in [-0.1, -0.05) is 27.7 Å². The van der Waals surface area contributed by atoms with Gasteiger partial charge in [0.1, 0.15) is 0 Å². The molecule has 1 aliphatic rings. The molecule has 0 aromatic rings. The largest absolute Gasteiger partial charge is 0.355 e. The summed E-state index contributed by atoms with van der Waals surface area (Å²) in [4.78, 5) is 9.39. The van der Waals surface area contributed by atoms with Crippen molar-refractivity contribution in [2.24, 2.45) is 10.9 Å². The van der Waals surface area contributed by atoms with Gasteiger partial charge in [-0.15, -0.1) is 0 Å². The first kappa shape index (κ1) is 18.6. The topological polar surface area (TPSA) is 30.9 Å². The Morgan fingerprint density at radius 3 is 2.52 bits per heavy atom. The maximum Gasteiger partial charge on any atom is 0.193 e. The highest BCUT2D eigenvalue weighted by Crippen LogP contribution is 2.24. The smallest absolute Gasteiger partial charge is 0.193 e. The zero-order valence-electron chi connectivity index (χ0n) is 14.7. The van der Waals surface area contributed by atoms with Gasteiger partial charge in [-0.25, -0.2) is 0 Å². The Labute approximate surface area is 135 Å². The van der Waals surface area contributed by atoms with Crippen molar-refractivity contribution in [1.29, 1.82) is 0 Å². The SMILES string of the molecule is CCN(CC)C(C)CNC(=NC)N1CCSC(C(C)C)C1. The van der Waals surface area contributed by atoms with Crippen LogP contribution >= 0.6 is 11.8 Å². The minimum absolute atomic E-state index is 0.539. The van der Waals surface area contributed by atoms with Gasteiger partial charge in [-0.2, -0.15) is 11.8 Å². The first-order valence-electron chi connectivity index (χ1n) is 8.34. The number of hydrogen-bond acceptors (Lipinski definition) is 3. The Hall–Kier alpha value is -0.420. The molecule has 21 heavy (non-hydrogen) atoms. The summed E-state index contributed by atoms with van der Waals surface area (Å²) < 4.78 is 0. The molecule has 2 atom stereocenters. The van der Waals surface area contributed by atoms with Crippen LogP contribution in [-0.4, -0.2) is 72.6 Å². The summed E-state index contributed by atoms with van der Waals surface area (Å²) in [6.45, 7) is 16.8. The molecule has 1 fully saturated rings. The van der Waals surface area contributed by atoms with Crippen LogP contribution in [-0.2, 0) is 0 Å². The van der Waals surface area contributed by atoms with Gasteiger partial charge in [0.05, 0.1) is 0 Å². The highest BCUT2D eigenvalue weighted by atomic mass is 32.2. The Balaban J connectivity index is 2.51. The summed E-state index contributed by atoms with van der Waals surface area (Å²) in [6.07, 6.45) is 0. The van der Waals surface area contributed by atoms with Gasteiger partial charge in [0.25, 0.3) is 0 Å². The van der Waals surface area contributed by atoms with Crippen molar-refractivity contribution >= 4 is 17.7 Å². The third-order valence-corrected chi connectivity index (χ3v) is 5.88. The summed E-state index contributed by atoms with van der Waals surface area (Å²) in [7, 11) is 1.90. The van der Waals surface area contributed by atoms with Gasteiger partial charge in [-0.3, -0.25) is 9.89 Å². The van der Waals surface area contributed by atoms with Gasteiger partial charge in [0.2, 0.25) is 0 Å². The van der Waals surface area contributed by atoms with Gasteiger partial charge in [0, 0.05) is 43.7 Å². The second-order valence-electron chi connectivity index (χ2n) is 6.10. The molecule has 0 radical (unpaired) electrons. The first-order chi connectivity index (χ1) is 10.0. The second kappa shape index (κ2) is 9.57. The molecular formula is C16H34N4S. The van der Waals surface area contributed by atoms with Gasteiger partial charge < -0.3 is 10.2 Å². The number of thioether (sulfide) groups is 1. The molecular weight excluding hydrogens is 280 g/mol. The zero-order chi connectivity index (χ0) is 15.8. The molecule has 5 heteroatoms. The van der Waals surface area contributed by atoms with Crippen molar-refractivity contribution in [1.82, 2.24) is 15.1 Å². The summed E-state index contributed by atoms with van der Waals surface area (Å²) in [5.74, 6) is 3.00. The van der Waals surface area contributed by atoms with Crippen molar-refractivity contribution in [2.75, 3.05) is 45.5 Å². The van der Waals surface area contributed by atoms with Crippen LogP contribution in [0, 0.1) is 5.92 Å². The third kappa shape index (κ3) is 5.70. The molecule has 124 valence electrons. The van der Waals surface area contributed by atoms with E-state index in [9.17, 15) is 0 Å². The fraction of sp³-hybridized carbons (Fsp3) is 0.938. The van der Waals surface area contributed by atoms with Crippen LogP contribution in [0.5, 0.6) is 0 Å². The maximum atomic E-state index is 4.49.